The van der Waals surface area contributed by atoms with Gasteiger partial charge >= 0.3 is 0 Å². The van der Waals surface area contributed by atoms with Crippen LogP contribution in [-0.4, -0.2) is 0 Å². The Balaban J connectivity index is 1.49. The van der Waals surface area contributed by atoms with E-state index in [2.05, 4.69) is 24.3 Å². The maximum absolute atomic E-state index is 8.91. The Morgan fingerprint density at radius 2 is 1.43 bits per heavy atom. The van der Waals surface area contributed by atoms with Gasteiger partial charge in [0.25, 0.3) is 0 Å². The average Bonchev–Trinajstić information content (AvgIpc) is 2.63. The van der Waals surface area contributed by atoms with Gasteiger partial charge in [-0.1, -0.05) is 29.8 Å². The van der Waals surface area contributed by atoms with Crippen LogP contribution in [0.15, 0.2) is 35.9 Å². The lowest BCUT2D eigenvalue weighted by molar-refractivity contribution is 0.171. The van der Waals surface area contributed by atoms with Gasteiger partial charge in [0.05, 0.1) is 11.6 Å². The predicted octanol–water partition coefficient (Wildman–Crippen LogP) is 6.39. The highest BCUT2D eigenvalue weighted by molar-refractivity contribution is 6.25. The van der Waals surface area contributed by atoms with E-state index in [1.54, 1.807) is 5.54 Å². The fraction of sp³-hybridized carbons (Fsp3) is 0.571. The van der Waals surface area contributed by atoms with Crippen LogP contribution < -0.4 is 0 Å². The van der Waals surface area contributed by atoms with E-state index < -0.39 is 0 Å². The second-order valence-electron chi connectivity index (χ2n) is 7.34. The third kappa shape index (κ3) is 4.18. The molecule has 2 heteroatoms. The van der Waals surface area contributed by atoms with E-state index in [0.29, 0.717) is 5.92 Å². The van der Waals surface area contributed by atoms with Gasteiger partial charge in [0, 0.05) is 5.54 Å². The summed E-state index contributed by atoms with van der Waals surface area (Å²) < 4.78 is 0. The molecule has 0 bridgehead atoms. The molecular formula is C21H26ClN. The zero-order chi connectivity index (χ0) is 16.1. The van der Waals surface area contributed by atoms with Crippen molar-refractivity contribution >= 4 is 11.6 Å². The van der Waals surface area contributed by atoms with Gasteiger partial charge in [-0.2, -0.15) is 5.26 Å². The fourth-order valence-electron chi connectivity index (χ4n) is 4.67. The molecule has 1 nitrogen and oxygen atoms in total. The quantitative estimate of drug-likeness (QED) is 0.630. The summed E-state index contributed by atoms with van der Waals surface area (Å²) in [7, 11) is 0. The molecule has 0 heterocycles. The Morgan fingerprint density at radius 1 is 0.870 bits per heavy atom. The van der Waals surface area contributed by atoms with Crippen molar-refractivity contribution in [2.75, 3.05) is 0 Å². The van der Waals surface area contributed by atoms with Crippen LogP contribution in [0.3, 0.4) is 0 Å². The molecule has 0 N–H and O–H groups in total. The Kier molecular flexibility index (Phi) is 5.79. The minimum Gasteiger partial charge on any atom is -0.192 e. The number of hydrogen-bond donors (Lipinski definition) is 0. The number of hydrogen-bond acceptors (Lipinski definition) is 1. The van der Waals surface area contributed by atoms with Gasteiger partial charge in [0.15, 0.2) is 0 Å². The molecule has 1 aromatic rings. The molecular weight excluding hydrogens is 302 g/mol. The minimum atomic E-state index is 0.703. The van der Waals surface area contributed by atoms with Crippen LogP contribution >= 0.6 is 11.6 Å². The molecule has 3 rings (SSSR count). The molecule has 2 aliphatic carbocycles. The molecule has 0 aliphatic heterocycles. The first kappa shape index (κ1) is 16.6. The van der Waals surface area contributed by atoms with E-state index >= 15 is 0 Å². The molecule has 0 aromatic heterocycles. The topological polar surface area (TPSA) is 23.8 Å². The molecule has 122 valence electrons. The summed E-state index contributed by atoms with van der Waals surface area (Å²) in [5.74, 6) is 3.30. The third-order valence-corrected chi connectivity index (χ3v) is 6.26. The Morgan fingerprint density at radius 3 is 1.96 bits per heavy atom. The number of nitriles is 1. The smallest absolute Gasteiger partial charge is 0.0991 e. The predicted molar refractivity (Wildman–Crippen MR) is 96.3 cm³/mol. The van der Waals surface area contributed by atoms with Crippen LogP contribution in [0.5, 0.6) is 0 Å². The van der Waals surface area contributed by atoms with Crippen LogP contribution in [-0.2, 0) is 0 Å². The normalized spacial score (nSPS) is 31.8. The Labute approximate surface area is 145 Å². The number of halogens is 1. The van der Waals surface area contributed by atoms with Crippen LogP contribution in [0.1, 0.15) is 68.4 Å². The number of benzene rings is 1. The van der Waals surface area contributed by atoms with Crippen molar-refractivity contribution in [3.8, 4) is 6.07 Å². The van der Waals surface area contributed by atoms with Gasteiger partial charge < -0.3 is 0 Å². The van der Waals surface area contributed by atoms with Crippen molar-refractivity contribution in [2.45, 2.75) is 57.3 Å². The molecule has 0 amide bonds. The van der Waals surface area contributed by atoms with Crippen molar-refractivity contribution in [1.82, 2.24) is 0 Å². The summed E-state index contributed by atoms with van der Waals surface area (Å²) >= 11 is 5.71. The fourth-order valence-corrected chi connectivity index (χ4v) is 4.87. The van der Waals surface area contributed by atoms with Gasteiger partial charge in [-0.15, -0.1) is 0 Å². The zero-order valence-corrected chi connectivity index (χ0v) is 14.5. The molecule has 0 saturated heterocycles. The zero-order valence-electron chi connectivity index (χ0n) is 13.8. The minimum absolute atomic E-state index is 0.703. The molecule has 0 spiro atoms. The highest BCUT2D eigenvalue weighted by atomic mass is 35.5. The van der Waals surface area contributed by atoms with Gasteiger partial charge in [-0.25, -0.2) is 0 Å². The Hall–Kier alpha value is -1.26. The molecule has 2 saturated carbocycles. The summed E-state index contributed by atoms with van der Waals surface area (Å²) in [4.78, 5) is 0. The van der Waals surface area contributed by atoms with E-state index in [1.165, 1.54) is 56.9 Å². The maximum Gasteiger partial charge on any atom is 0.0991 e. The van der Waals surface area contributed by atoms with Crippen LogP contribution in [0.25, 0.3) is 0 Å². The second kappa shape index (κ2) is 8.02. The number of nitrogens with zero attached hydrogens (tertiary/aromatic N) is 1. The van der Waals surface area contributed by atoms with E-state index in [-0.39, 0.29) is 0 Å². The monoisotopic (exact) mass is 327 g/mol. The second-order valence-corrected chi connectivity index (χ2v) is 7.59. The lowest BCUT2D eigenvalue weighted by Crippen LogP contribution is -2.25. The first-order valence-corrected chi connectivity index (χ1v) is 9.50. The molecule has 0 unspecified atom stereocenters. The standard InChI is InChI=1S/C21H26ClN/c22-14-13-16-1-5-18(6-2-16)20-9-11-21(12-10-20)19-7-3-17(15-23)4-8-19/h3-4,7-8,13-14,16,18,20-21H,1-2,5-6,9-12H2. The molecule has 2 aliphatic rings. The highest BCUT2D eigenvalue weighted by Gasteiger charge is 2.30. The summed E-state index contributed by atoms with van der Waals surface area (Å²) in [5.41, 5.74) is 3.90. The first-order valence-electron chi connectivity index (χ1n) is 9.07. The lowest BCUT2D eigenvalue weighted by Gasteiger charge is -2.37. The molecule has 1 aromatic carbocycles. The van der Waals surface area contributed by atoms with Crippen molar-refractivity contribution in [3.63, 3.8) is 0 Å². The van der Waals surface area contributed by atoms with Gasteiger partial charge in [0.1, 0.15) is 0 Å². The summed E-state index contributed by atoms with van der Waals surface area (Å²) in [6.45, 7) is 0. The SMILES string of the molecule is N#Cc1ccc(C2CCC(C3CCC(C=CCl)CC3)CC2)cc1. The van der Waals surface area contributed by atoms with Crippen molar-refractivity contribution in [2.24, 2.45) is 17.8 Å². The summed E-state index contributed by atoms with van der Waals surface area (Å²) in [6, 6.07) is 10.5. The van der Waals surface area contributed by atoms with Gasteiger partial charge in [0.2, 0.25) is 0 Å². The van der Waals surface area contributed by atoms with Crippen molar-refractivity contribution < 1.29 is 0 Å². The lowest BCUT2D eigenvalue weighted by atomic mass is 9.68. The number of allylic oxidation sites excluding steroid dienone is 1. The average molecular weight is 328 g/mol. The van der Waals surface area contributed by atoms with E-state index in [1.807, 2.05) is 12.1 Å². The van der Waals surface area contributed by atoms with Crippen LogP contribution in [0, 0.1) is 29.1 Å². The molecule has 0 atom stereocenters. The van der Waals surface area contributed by atoms with Crippen molar-refractivity contribution in [1.29, 1.82) is 5.26 Å². The van der Waals surface area contributed by atoms with E-state index in [0.717, 1.165) is 23.3 Å². The van der Waals surface area contributed by atoms with Crippen molar-refractivity contribution in [3.05, 3.63) is 47.0 Å². The van der Waals surface area contributed by atoms with Gasteiger partial charge in [-0.05, 0) is 92.7 Å². The summed E-state index contributed by atoms with van der Waals surface area (Å²) in [6.07, 6.45) is 13.0. The van der Waals surface area contributed by atoms with E-state index in [9.17, 15) is 0 Å². The molecule has 23 heavy (non-hydrogen) atoms. The maximum atomic E-state index is 8.91. The van der Waals surface area contributed by atoms with E-state index in [4.69, 9.17) is 16.9 Å². The Bertz CT molecular complexity index is 552. The van der Waals surface area contributed by atoms with Crippen LogP contribution in [0.4, 0.5) is 0 Å². The third-order valence-electron chi connectivity index (χ3n) is 6.11. The molecule has 2 fully saturated rings. The number of rotatable bonds is 3. The first-order chi connectivity index (χ1) is 11.3. The molecule has 0 radical (unpaired) electrons. The van der Waals surface area contributed by atoms with Crippen LogP contribution in [0.2, 0.25) is 0 Å². The van der Waals surface area contributed by atoms with Gasteiger partial charge in [-0.3, -0.25) is 0 Å². The summed E-state index contributed by atoms with van der Waals surface area (Å²) in [5, 5.41) is 8.91. The highest BCUT2D eigenvalue weighted by Crippen LogP contribution is 2.44. The largest absolute Gasteiger partial charge is 0.192 e.